The topological polar surface area (TPSA) is 38.2 Å². The zero-order valence-electron chi connectivity index (χ0n) is 11.0. The first-order valence-electron chi connectivity index (χ1n) is 5.93. The first kappa shape index (κ1) is 14.2. The van der Waals surface area contributed by atoms with Crippen LogP contribution >= 0.6 is 11.6 Å². The van der Waals surface area contributed by atoms with Crippen LogP contribution in [0.1, 0.15) is 25.2 Å². The van der Waals surface area contributed by atoms with E-state index in [4.69, 9.17) is 16.3 Å². The average molecular weight is 258 g/mol. The molecule has 0 aliphatic carbocycles. The van der Waals surface area contributed by atoms with Gasteiger partial charge in [0, 0.05) is 25.3 Å². The molecule has 0 atom stereocenters. The third kappa shape index (κ3) is 3.82. The van der Waals surface area contributed by atoms with E-state index in [1.165, 1.54) is 0 Å². The maximum absolute atomic E-state index is 6.07. The number of hydrogen-bond acceptors (Lipinski definition) is 4. The molecule has 96 valence electrons. The summed E-state index contributed by atoms with van der Waals surface area (Å²) in [6, 6.07) is 0. The fraction of sp³-hybridized carbons (Fsp3) is 0.667. The fourth-order valence-corrected chi connectivity index (χ4v) is 1.83. The van der Waals surface area contributed by atoms with Crippen molar-refractivity contribution in [1.29, 1.82) is 0 Å². The predicted molar refractivity (Wildman–Crippen MR) is 70.9 cm³/mol. The van der Waals surface area contributed by atoms with Gasteiger partial charge in [-0.1, -0.05) is 11.6 Å². The maximum atomic E-state index is 6.07. The highest BCUT2D eigenvalue weighted by Crippen LogP contribution is 2.22. The lowest BCUT2D eigenvalue weighted by Gasteiger charge is -2.24. The Hall–Kier alpha value is -0.870. The van der Waals surface area contributed by atoms with E-state index in [0.717, 1.165) is 31.1 Å². The molecule has 0 radical (unpaired) electrons. The van der Waals surface area contributed by atoms with E-state index in [9.17, 15) is 0 Å². The predicted octanol–water partition coefficient (Wildman–Crippen LogP) is 2.61. The van der Waals surface area contributed by atoms with Crippen molar-refractivity contribution >= 4 is 17.4 Å². The van der Waals surface area contributed by atoms with Gasteiger partial charge in [-0.05, 0) is 27.7 Å². The van der Waals surface area contributed by atoms with Crippen LogP contribution in [-0.2, 0) is 4.74 Å². The van der Waals surface area contributed by atoms with Crippen molar-refractivity contribution in [1.82, 2.24) is 9.97 Å². The summed E-state index contributed by atoms with van der Waals surface area (Å²) in [6.07, 6.45) is 0. The van der Waals surface area contributed by atoms with Gasteiger partial charge in [-0.25, -0.2) is 9.97 Å². The molecule has 0 fully saturated rings. The molecule has 0 unspecified atom stereocenters. The van der Waals surface area contributed by atoms with Crippen LogP contribution in [0.5, 0.6) is 0 Å². The Morgan fingerprint density at radius 2 is 1.94 bits per heavy atom. The summed E-state index contributed by atoms with van der Waals surface area (Å²) in [7, 11) is 0. The molecular weight excluding hydrogens is 238 g/mol. The number of hydrogen-bond donors (Lipinski definition) is 0. The van der Waals surface area contributed by atoms with E-state index in [1.807, 2.05) is 20.8 Å². The molecule has 0 aliphatic rings. The third-order valence-electron chi connectivity index (χ3n) is 2.56. The van der Waals surface area contributed by atoms with Crippen LogP contribution < -0.4 is 4.90 Å². The number of likely N-dealkylation sites (N-methyl/N-ethyl adjacent to an activating group) is 1. The van der Waals surface area contributed by atoms with Gasteiger partial charge >= 0.3 is 0 Å². The van der Waals surface area contributed by atoms with E-state index >= 15 is 0 Å². The average Bonchev–Trinajstić information content (AvgIpc) is 2.30. The summed E-state index contributed by atoms with van der Waals surface area (Å²) in [4.78, 5) is 10.8. The molecule has 1 aromatic rings. The molecule has 0 amide bonds. The summed E-state index contributed by atoms with van der Waals surface area (Å²) in [6.45, 7) is 11.0. The first-order chi connectivity index (χ1) is 8.10. The molecule has 17 heavy (non-hydrogen) atoms. The molecule has 0 N–H and O–H groups in total. The number of nitrogens with zero attached hydrogens (tertiary/aromatic N) is 3. The molecule has 0 saturated heterocycles. The first-order valence-corrected chi connectivity index (χ1v) is 6.31. The van der Waals surface area contributed by atoms with Crippen molar-refractivity contribution in [3.05, 3.63) is 16.5 Å². The summed E-state index contributed by atoms with van der Waals surface area (Å²) < 4.78 is 5.37. The van der Waals surface area contributed by atoms with Gasteiger partial charge in [-0.15, -0.1) is 0 Å². The summed E-state index contributed by atoms with van der Waals surface area (Å²) in [5.41, 5.74) is 0.926. The molecule has 0 bridgehead atoms. The van der Waals surface area contributed by atoms with Gasteiger partial charge < -0.3 is 9.64 Å². The molecule has 1 rings (SSSR count). The standard InChI is InChI=1S/C12H20ClN3O/c1-5-16(7-8-17-6-2)12-9(3)11(13)14-10(4)15-12/h5-8H2,1-4H3. The Bertz CT molecular complexity index is 371. The maximum Gasteiger partial charge on any atom is 0.137 e. The highest BCUT2D eigenvalue weighted by atomic mass is 35.5. The van der Waals surface area contributed by atoms with Gasteiger partial charge in [-0.2, -0.15) is 0 Å². The molecule has 0 aromatic carbocycles. The minimum absolute atomic E-state index is 0.530. The number of aryl methyl sites for hydroxylation is 1. The van der Waals surface area contributed by atoms with Crippen molar-refractivity contribution in [2.24, 2.45) is 0 Å². The lowest BCUT2D eigenvalue weighted by Crippen LogP contribution is -2.29. The summed E-state index contributed by atoms with van der Waals surface area (Å²) >= 11 is 6.07. The van der Waals surface area contributed by atoms with Crippen LogP contribution in [0.4, 0.5) is 5.82 Å². The molecule has 5 heteroatoms. The van der Waals surface area contributed by atoms with Crippen molar-refractivity contribution in [3.8, 4) is 0 Å². The zero-order valence-corrected chi connectivity index (χ0v) is 11.7. The Labute approximate surface area is 108 Å². The molecule has 1 aromatic heterocycles. The highest BCUT2D eigenvalue weighted by Gasteiger charge is 2.13. The van der Waals surface area contributed by atoms with Crippen molar-refractivity contribution in [2.45, 2.75) is 27.7 Å². The van der Waals surface area contributed by atoms with Crippen LogP contribution in [0.25, 0.3) is 0 Å². The monoisotopic (exact) mass is 257 g/mol. The van der Waals surface area contributed by atoms with Gasteiger partial charge in [-0.3, -0.25) is 0 Å². The largest absolute Gasteiger partial charge is 0.380 e. The molecule has 0 saturated carbocycles. The minimum Gasteiger partial charge on any atom is -0.380 e. The number of halogens is 1. The van der Waals surface area contributed by atoms with Crippen molar-refractivity contribution in [2.75, 3.05) is 31.2 Å². The molecule has 0 aliphatic heterocycles. The Morgan fingerprint density at radius 3 is 2.53 bits per heavy atom. The number of aromatic nitrogens is 2. The van der Waals surface area contributed by atoms with E-state index in [0.29, 0.717) is 17.6 Å². The van der Waals surface area contributed by atoms with Gasteiger partial charge in [0.05, 0.1) is 6.61 Å². The smallest absolute Gasteiger partial charge is 0.137 e. The summed E-state index contributed by atoms with van der Waals surface area (Å²) in [5, 5.41) is 0.530. The second-order valence-electron chi connectivity index (χ2n) is 3.79. The number of anilines is 1. The van der Waals surface area contributed by atoms with Gasteiger partial charge in [0.15, 0.2) is 0 Å². The minimum atomic E-state index is 0.530. The van der Waals surface area contributed by atoms with Crippen LogP contribution in [0.15, 0.2) is 0 Å². The molecular formula is C12H20ClN3O. The Kier molecular flexibility index (Phi) is 5.65. The van der Waals surface area contributed by atoms with Crippen molar-refractivity contribution in [3.63, 3.8) is 0 Å². The Morgan fingerprint density at radius 1 is 1.24 bits per heavy atom. The normalized spacial score (nSPS) is 10.6. The molecule has 1 heterocycles. The number of rotatable bonds is 6. The van der Waals surface area contributed by atoms with E-state index in [1.54, 1.807) is 0 Å². The summed E-state index contributed by atoms with van der Waals surface area (Å²) in [5.74, 6) is 1.61. The number of ether oxygens (including phenoxy) is 1. The van der Waals surface area contributed by atoms with Crippen LogP contribution in [0.3, 0.4) is 0 Å². The molecule has 0 spiro atoms. The Balaban J connectivity index is 2.87. The van der Waals surface area contributed by atoms with Gasteiger partial charge in [0.2, 0.25) is 0 Å². The second-order valence-corrected chi connectivity index (χ2v) is 4.14. The zero-order chi connectivity index (χ0) is 12.8. The van der Waals surface area contributed by atoms with Gasteiger partial charge in [0.25, 0.3) is 0 Å². The van der Waals surface area contributed by atoms with E-state index < -0.39 is 0 Å². The van der Waals surface area contributed by atoms with Crippen LogP contribution in [-0.4, -0.2) is 36.3 Å². The van der Waals surface area contributed by atoms with E-state index in [2.05, 4.69) is 21.8 Å². The SMILES string of the molecule is CCOCCN(CC)c1nc(C)nc(Cl)c1C. The fourth-order valence-electron chi connectivity index (χ4n) is 1.62. The molecule has 4 nitrogen and oxygen atoms in total. The van der Waals surface area contributed by atoms with Gasteiger partial charge in [0.1, 0.15) is 16.8 Å². The van der Waals surface area contributed by atoms with Crippen LogP contribution in [0.2, 0.25) is 5.15 Å². The third-order valence-corrected chi connectivity index (χ3v) is 2.93. The van der Waals surface area contributed by atoms with Crippen molar-refractivity contribution < 1.29 is 4.74 Å². The lowest BCUT2D eigenvalue weighted by molar-refractivity contribution is 0.154. The lowest BCUT2D eigenvalue weighted by atomic mass is 10.3. The van der Waals surface area contributed by atoms with Crippen LogP contribution in [0, 0.1) is 13.8 Å². The quantitative estimate of drug-likeness (QED) is 0.580. The second kappa shape index (κ2) is 6.77. The van der Waals surface area contributed by atoms with E-state index in [-0.39, 0.29) is 0 Å². The highest BCUT2D eigenvalue weighted by molar-refractivity contribution is 6.30.